The molecule has 1 aliphatic rings. The third-order valence-electron chi connectivity index (χ3n) is 4.46. The summed E-state index contributed by atoms with van der Waals surface area (Å²) in [6, 6.07) is 9.72. The number of amides is 2. The Bertz CT molecular complexity index is 1010. The Morgan fingerprint density at radius 2 is 1.76 bits per heavy atom. The molecule has 0 aliphatic carbocycles. The molecule has 2 amide bonds. The quantitative estimate of drug-likeness (QED) is 0.616. The Morgan fingerprint density at radius 1 is 1.12 bits per heavy atom. The number of nitrogens with zero attached hydrogens (tertiary/aromatic N) is 1. The zero-order chi connectivity index (χ0) is 17.7. The van der Waals surface area contributed by atoms with Crippen LogP contribution in [-0.2, 0) is 6.42 Å². The lowest BCUT2D eigenvalue weighted by Crippen LogP contribution is -2.31. The number of thiophene rings is 1. The highest BCUT2D eigenvalue weighted by atomic mass is 35.5. The van der Waals surface area contributed by atoms with Gasteiger partial charge in [-0.15, -0.1) is 11.3 Å². The van der Waals surface area contributed by atoms with Crippen molar-refractivity contribution in [3.05, 3.63) is 68.8 Å². The molecule has 6 heteroatoms. The van der Waals surface area contributed by atoms with Gasteiger partial charge in [0.05, 0.1) is 15.5 Å². The number of carbonyl (C=O) groups excluding carboxylic acids is 2. The van der Waals surface area contributed by atoms with E-state index in [1.54, 1.807) is 24.3 Å². The molecule has 3 aromatic rings. The molecule has 3 nitrogen and oxygen atoms in total. The van der Waals surface area contributed by atoms with Crippen LogP contribution in [-0.4, -0.2) is 23.3 Å². The van der Waals surface area contributed by atoms with Crippen molar-refractivity contribution >= 4 is 44.8 Å². The molecule has 0 fully saturated rings. The number of carbonyl (C=O) groups is 2. The number of hydrogen-bond acceptors (Lipinski definition) is 3. The van der Waals surface area contributed by atoms with E-state index in [1.165, 1.54) is 28.4 Å². The van der Waals surface area contributed by atoms with Crippen molar-refractivity contribution in [2.45, 2.75) is 13.3 Å². The lowest BCUT2D eigenvalue weighted by atomic mass is 10.1. The highest BCUT2D eigenvalue weighted by molar-refractivity contribution is 7.23. The summed E-state index contributed by atoms with van der Waals surface area (Å²) in [6.45, 7) is 2.06. The molecular formula is C19H13ClFNO2S. The van der Waals surface area contributed by atoms with Crippen LogP contribution < -0.4 is 0 Å². The molecule has 4 rings (SSSR count). The number of fused-ring (bicyclic) bond motifs is 2. The fraction of sp³-hybridized carbons (Fsp3) is 0.158. The molecule has 25 heavy (non-hydrogen) atoms. The summed E-state index contributed by atoms with van der Waals surface area (Å²) in [4.78, 5) is 26.1. The number of aryl methyl sites for hydroxylation is 1. The first-order chi connectivity index (χ1) is 12.0. The Morgan fingerprint density at radius 3 is 2.40 bits per heavy atom. The van der Waals surface area contributed by atoms with E-state index in [0.717, 1.165) is 21.2 Å². The highest BCUT2D eigenvalue weighted by Gasteiger charge is 2.34. The Hall–Kier alpha value is -2.24. The summed E-state index contributed by atoms with van der Waals surface area (Å²) in [5, 5.41) is 0.754. The molecule has 0 saturated heterocycles. The minimum atomic E-state index is -0.318. The average Bonchev–Trinajstić information content (AvgIpc) is 3.02. The third-order valence-corrected chi connectivity index (χ3v) is 6.09. The predicted molar refractivity (Wildman–Crippen MR) is 97.0 cm³/mol. The highest BCUT2D eigenvalue weighted by Crippen LogP contribution is 2.38. The molecule has 1 aromatic heterocycles. The van der Waals surface area contributed by atoms with E-state index in [1.807, 2.05) is 6.92 Å². The number of rotatable bonds is 3. The summed E-state index contributed by atoms with van der Waals surface area (Å²) in [5.41, 5.74) is 2.46. The van der Waals surface area contributed by atoms with Gasteiger partial charge in [-0.2, -0.15) is 0 Å². The van der Waals surface area contributed by atoms with Gasteiger partial charge in [-0.05, 0) is 48.7 Å². The van der Waals surface area contributed by atoms with Crippen molar-refractivity contribution in [3.8, 4) is 0 Å². The van der Waals surface area contributed by atoms with Gasteiger partial charge in [0.1, 0.15) is 5.82 Å². The van der Waals surface area contributed by atoms with Crippen LogP contribution in [0.1, 0.15) is 31.8 Å². The number of benzene rings is 2. The van der Waals surface area contributed by atoms with Gasteiger partial charge in [0.15, 0.2) is 0 Å². The molecule has 0 unspecified atom stereocenters. The largest absolute Gasteiger partial charge is 0.274 e. The van der Waals surface area contributed by atoms with E-state index >= 15 is 0 Å². The minimum Gasteiger partial charge on any atom is -0.274 e. The van der Waals surface area contributed by atoms with Crippen molar-refractivity contribution in [3.63, 3.8) is 0 Å². The molecule has 1 aliphatic heterocycles. The molecule has 2 aromatic carbocycles. The van der Waals surface area contributed by atoms with Crippen LogP contribution in [0.3, 0.4) is 0 Å². The standard InChI is InChI=1S/C19H13ClFNO2S/c1-10-8-11(21)9-15-12(17(20)25-16(10)15)6-7-22-18(23)13-4-2-3-5-14(13)19(22)24/h2-5,8-9H,6-7H2,1H3. The lowest BCUT2D eigenvalue weighted by Gasteiger charge is -2.13. The molecule has 2 heterocycles. The molecule has 0 radical (unpaired) electrons. The van der Waals surface area contributed by atoms with Gasteiger partial charge < -0.3 is 0 Å². The second kappa shape index (κ2) is 5.93. The maximum Gasteiger partial charge on any atom is 0.261 e. The van der Waals surface area contributed by atoms with Crippen LogP contribution in [0.5, 0.6) is 0 Å². The molecule has 0 atom stereocenters. The van der Waals surface area contributed by atoms with Gasteiger partial charge in [-0.3, -0.25) is 14.5 Å². The van der Waals surface area contributed by atoms with E-state index in [9.17, 15) is 14.0 Å². The molecular weight excluding hydrogens is 361 g/mol. The summed E-state index contributed by atoms with van der Waals surface area (Å²) in [7, 11) is 0. The molecule has 0 spiro atoms. The molecule has 0 N–H and O–H groups in total. The van der Waals surface area contributed by atoms with E-state index in [4.69, 9.17) is 11.6 Å². The van der Waals surface area contributed by atoms with Crippen LogP contribution in [0.2, 0.25) is 4.34 Å². The van der Waals surface area contributed by atoms with Crippen LogP contribution in [0.15, 0.2) is 36.4 Å². The number of hydrogen-bond donors (Lipinski definition) is 0. The van der Waals surface area contributed by atoms with Crippen molar-refractivity contribution in [2.24, 2.45) is 0 Å². The summed E-state index contributed by atoms with van der Waals surface area (Å²) in [5.74, 6) is -0.904. The van der Waals surface area contributed by atoms with E-state index in [2.05, 4.69) is 0 Å². The van der Waals surface area contributed by atoms with Gasteiger partial charge in [0.25, 0.3) is 11.8 Å². The first-order valence-corrected chi connectivity index (χ1v) is 8.99. The van der Waals surface area contributed by atoms with Crippen LogP contribution in [0.4, 0.5) is 4.39 Å². The van der Waals surface area contributed by atoms with E-state index in [-0.39, 0.29) is 24.2 Å². The molecule has 0 saturated carbocycles. The van der Waals surface area contributed by atoms with Crippen LogP contribution >= 0.6 is 22.9 Å². The summed E-state index contributed by atoms with van der Waals surface area (Å²) < 4.78 is 15.3. The second-order valence-corrected chi connectivity index (χ2v) is 7.63. The Kier molecular flexibility index (Phi) is 3.85. The van der Waals surface area contributed by atoms with Gasteiger partial charge in [-0.25, -0.2) is 4.39 Å². The van der Waals surface area contributed by atoms with Crippen LogP contribution in [0, 0.1) is 12.7 Å². The van der Waals surface area contributed by atoms with Crippen molar-refractivity contribution < 1.29 is 14.0 Å². The van der Waals surface area contributed by atoms with Gasteiger partial charge in [-0.1, -0.05) is 23.7 Å². The van der Waals surface area contributed by atoms with Crippen molar-refractivity contribution in [2.75, 3.05) is 6.54 Å². The first kappa shape index (κ1) is 16.2. The Labute approximate surface area is 152 Å². The zero-order valence-electron chi connectivity index (χ0n) is 13.3. The normalized spacial score (nSPS) is 13.8. The number of imide groups is 1. The summed E-state index contributed by atoms with van der Waals surface area (Å²) in [6.07, 6.45) is 0.396. The Balaban J connectivity index is 1.65. The van der Waals surface area contributed by atoms with Gasteiger partial charge in [0, 0.05) is 16.6 Å². The smallest absolute Gasteiger partial charge is 0.261 e. The number of halogens is 2. The topological polar surface area (TPSA) is 37.4 Å². The van der Waals surface area contributed by atoms with Gasteiger partial charge in [0.2, 0.25) is 0 Å². The van der Waals surface area contributed by atoms with Crippen LogP contribution in [0.25, 0.3) is 10.1 Å². The van der Waals surface area contributed by atoms with Gasteiger partial charge >= 0.3 is 0 Å². The predicted octanol–water partition coefficient (Wildman–Crippen LogP) is 4.84. The van der Waals surface area contributed by atoms with E-state index < -0.39 is 0 Å². The first-order valence-electron chi connectivity index (χ1n) is 7.79. The zero-order valence-corrected chi connectivity index (χ0v) is 14.9. The third kappa shape index (κ3) is 2.55. The van der Waals surface area contributed by atoms with E-state index in [0.29, 0.717) is 21.9 Å². The van der Waals surface area contributed by atoms with Crippen molar-refractivity contribution in [1.29, 1.82) is 0 Å². The average molecular weight is 374 g/mol. The maximum atomic E-state index is 13.8. The fourth-order valence-electron chi connectivity index (χ4n) is 3.25. The maximum absolute atomic E-state index is 13.8. The SMILES string of the molecule is Cc1cc(F)cc2c(CCN3C(=O)c4ccccc4C3=O)c(Cl)sc12. The minimum absolute atomic E-state index is 0.216. The molecule has 126 valence electrons. The molecule has 0 bridgehead atoms. The fourth-order valence-corrected chi connectivity index (χ4v) is 4.70. The summed E-state index contributed by atoms with van der Waals surface area (Å²) >= 11 is 7.74. The second-order valence-electron chi connectivity index (χ2n) is 6.01. The monoisotopic (exact) mass is 373 g/mol. The lowest BCUT2D eigenvalue weighted by molar-refractivity contribution is 0.0656. The van der Waals surface area contributed by atoms with Crippen molar-refractivity contribution in [1.82, 2.24) is 4.90 Å².